The molecular formula is C24H24Cl2N5+. The number of anilines is 1. The van der Waals surface area contributed by atoms with E-state index in [1.54, 1.807) is 4.90 Å². The van der Waals surface area contributed by atoms with Gasteiger partial charge in [-0.25, -0.2) is 4.98 Å². The molecule has 3 heterocycles. The fraction of sp³-hybridized carbons (Fsp3) is 0.250. The second-order valence-corrected chi connectivity index (χ2v) is 8.97. The smallest absolute Gasteiger partial charge is 0.165 e. The lowest BCUT2D eigenvalue weighted by Crippen LogP contribution is -3.13. The van der Waals surface area contributed by atoms with Crippen molar-refractivity contribution < 1.29 is 4.90 Å². The van der Waals surface area contributed by atoms with E-state index in [1.807, 2.05) is 54.0 Å². The fourth-order valence-electron chi connectivity index (χ4n) is 4.24. The first-order valence-corrected chi connectivity index (χ1v) is 11.3. The molecular weight excluding hydrogens is 429 g/mol. The zero-order chi connectivity index (χ0) is 21.4. The lowest BCUT2D eigenvalue weighted by Gasteiger charge is -2.33. The maximum atomic E-state index is 6.06. The third-order valence-corrected chi connectivity index (χ3v) is 6.40. The summed E-state index contributed by atoms with van der Waals surface area (Å²) >= 11 is 12.1. The quantitative estimate of drug-likeness (QED) is 0.509. The molecule has 0 spiro atoms. The number of rotatable bonds is 4. The predicted octanol–water partition coefficient (Wildman–Crippen LogP) is 3.92. The maximum absolute atomic E-state index is 6.06. The monoisotopic (exact) mass is 452 g/mol. The number of piperazine rings is 1. The molecule has 158 valence electrons. The third kappa shape index (κ3) is 4.26. The Morgan fingerprint density at radius 2 is 1.58 bits per heavy atom. The molecule has 0 saturated carbocycles. The van der Waals surface area contributed by atoms with Crippen molar-refractivity contribution in [2.45, 2.75) is 13.5 Å². The number of benzene rings is 2. The van der Waals surface area contributed by atoms with Gasteiger partial charge in [-0.15, -0.1) is 0 Å². The Morgan fingerprint density at radius 1 is 0.935 bits per heavy atom. The average Bonchev–Trinajstić information content (AvgIpc) is 3.20. The molecule has 1 aliphatic rings. The van der Waals surface area contributed by atoms with Crippen LogP contribution in [-0.2, 0) is 6.54 Å². The molecule has 0 atom stereocenters. The van der Waals surface area contributed by atoms with Crippen LogP contribution in [0.25, 0.3) is 16.8 Å². The number of quaternary nitrogens is 1. The second-order valence-electron chi connectivity index (χ2n) is 8.10. The summed E-state index contributed by atoms with van der Waals surface area (Å²) in [5.41, 5.74) is 5.30. The Kier molecular flexibility index (Phi) is 5.57. The van der Waals surface area contributed by atoms with Gasteiger partial charge < -0.3 is 9.80 Å². The van der Waals surface area contributed by atoms with E-state index in [4.69, 9.17) is 28.2 Å². The van der Waals surface area contributed by atoms with Crippen LogP contribution in [0, 0.1) is 6.92 Å². The molecule has 5 rings (SSSR count). The minimum absolute atomic E-state index is 0.726. The summed E-state index contributed by atoms with van der Waals surface area (Å²) in [5.74, 6) is 1.10. The van der Waals surface area contributed by atoms with E-state index in [9.17, 15) is 0 Å². The standard InChI is InChI=1S/C24H23Cl2N5/c1-17-14-23(30-12-10-29(11-13-30)16-18-2-6-20(25)7-3-18)31-24(28-17)22(15-27-31)19-4-8-21(26)9-5-19/h2-9,14-15H,10-13,16H2,1H3/p+1. The normalized spacial score (nSPS) is 15.0. The first kappa shape index (κ1) is 20.3. The summed E-state index contributed by atoms with van der Waals surface area (Å²) in [6.45, 7) is 7.20. The first-order chi connectivity index (χ1) is 15.1. The summed E-state index contributed by atoms with van der Waals surface area (Å²) < 4.78 is 1.97. The highest BCUT2D eigenvalue weighted by molar-refractivity contribution is 6.30. The minimum atomic E-state index is 0.726. The van der Waals surface area contributed by atoms with Gasteiger partial charge in [0.2, 0.25) is 0 Å². The summed E-state index contributed by atoms with van der Waals surface area (Å²) in [5, 5.41) is 6.20. The van der Waals surface area contributed by atoms with E-state index in [0.29, 0.717) is 0 Å². The molecule has 0 radical (unpaired) electrons. The molecule has 0 bridgehead atoms. The molecule has 2 aromatic carbocycles. The van der Waals surface area contributed by atoms with Crippen LogP contribution >= 0.6 is 23.2 Å². The van der Waals surface area contributed by atoms with Gasteiger partial charge in [-0.05, 0) is 36.8 Å². The number of hydrogen-bond donors (Lipinski definition) is 1. The minimum Gasteiger partial charge on any atom is -0.345 e. The molecule has 5 nitrogen and oxygen atoms in total. The molecule has 2 aromatic heterocycles. The Hall–Kier alpha value is -2.60. The molecule has 1 aliphatic heterocycles. The van der Waals surface area contributed by atoms with E-state index in [2.05, 4.69) is 28.2 Å². The molecule has 1 N–H and O–H groups in total. The third-order valence-electron chi connectivity index (χ3n) is 5.90. The zero-order valence-corrected chi connectivity index (χ0v) is 18.9. The van der Waals surface area contributed by atoms with Crippen LogP contribution in [0.4, 0.5) is 5.82 Å². The average molecular weight is 453 g/mol. The van der Waals surface area contributed by atoms with Crippen LogP contribution in [-0.4, -0.2) is 40.8 Å². The van der Waals surface area contributed by atoms with E-state index in [0.717, 1.165) is 71.1 Å². The molecule has 4 aromatic rings. The van der Waals surface area contributed by atoms with Crippen molar-refractivity contribution in [2.24, 2.45) is 0 Å². The van der Waals surface area contributed by atoms with Gasteiger partial charge in [-0.3, -0.25) is 0 Å². The van der Waals surface area contributed by atoms with Crippen LogP contribution < -0.4 is 9.80 Å². The molecule has 1 saturated heterocycles. The Labute approximate surface area is 191 Å². The zero-order valence-electron chi connectivity index (χ0n) is 17.4. The van der Waals surface area contributed by atoms with Gasteiger partial charge >= 0.3 is 0 Å². The van der Waals surface area contributed by atoms with Gasteiger partial charge in [0.25, 0.3) is 0 Å². The van der Waals surface area contributed by atoms with Crippen molar-refractivity contribution in [1.82, 2.24) is 14.6 Å². The van der Waals surface area contributed by atoms with E-state index in [-0.39, 0.29) is 0 Å². The second kappa shape index (κ2) is 8.50. The lowest BCUT2D eigenvalue weighted by atomic mass is 10.1. The van der Waals surface area contributed by atoms with Gasteiger partial charge in [0.05, 0.1) is 32.4 Å². The number of fused-ring (bicyclic) bond motifs is 1. The molecule has 0 aliphatic carbocycles. The maximum Gasteiger partial charge on any atom is 0.165 e. The summed E-state index contributed by atoms with van der Waals surface area (Å²) in [6.07, 6.45) is 1.90. The Bertz CT molecular complexity index is 1190. The topological polar surface area (TPSA) is 37.9 Å². The number of nitrogens with zero attached hydrogens (tertiary/aromatic N) is 4. The van der Waals surface area contributed by atoms with Crippen molar-refractivity contribution in [2.75, 3.05) is 31.1 Å². The highest BCUT2D eigenvalue weighted by atomic mass is 35.5. The fourth-order valence-corrected chi connectivity index (χ4v) is 4.49. The van der Waals surface area contributed by atoms with Crippen molar-refractivity contribution >= 4 is 34.7 Å². The predicted molar refractivity (Wildman–Crippen MR) is 126 cm³/mol. The van der Waals surface area contributed by atoms with Crippen molar-refractivity contribution in [3.05, 3.63) is 82.1 Å². The Balaban J connectivity index is 1.37. The highest BCUT2D eigenvalue weighted by Gasteiger charge is 2.23. The summed E-state index contributed by atoms with van der Waals surface area (Å²) in [6, 6.07) is 18.2. The van der Waals surface area contributed by atoms with Gasteiger partial charge in [0.1, 0.15) is 12.4 Å². The molecule has 7 heteroatoms. The molecule has 0 unspecified atom stereocenters. The largest absolute Gasteiger partial charge is 0.345 e. The van der Waals surface area contributed by atoms with Crippen LogP contribution in [0.1, 0.15) is 11.3 Å². The van der Waals surface area contributed by atoms with E-state index >= 15 is 0 Å². The van der Waals surface area contributed by atoms with Crippen LogP contribution in [0.15, 0.2) is 60.8 Å². The SMILES string of the molecule is Cc1cc(N2CC[NH+](Cc3ccc(Cl)cc3)CC2)n2ncc(-c3ccc(Cl)cc3)c2n1. The van der Waals surface area contributed by atoms with Gasteiger partial charge in [0.15, 0.2) is 5.65 Å². The van der Waals surface area contributed by atoms with E-state index in [1.165, 1.54) is 5.56 Å². The van der Waals surface area contributed by atoms with Crippen LogP contribution in [0.2, 0.25) is 10.0 Å². The van der Waals surface area contributed by atoms with Crippen molar-refractivity contribution in [3.63, 3.8) is 0 Å². The van der Waals surface area contributed by atoms with Gasteiger partial charge in [-0.1, -0.05) is 47.5 Å². The van der Waals surface area contributed by atoms with Crippen LogP contribution in [0.5, 0.6) is 0 Å². The lowest BCUT2D eigenvalue weighted by molar-refractivity contribution is -0.914. The molecule has 1 fully saturated rings. The van der Waals surface area contributed by atoms with Gasteiger partial charge in [0, 0.05) is 32.9 Å². The van der Waals surface area contributed by atoms with Crippen LogP contribution in [0.3, 0.4) is 0 Å². The number of halogens is 2. The first-order valence-electron chi connectivity index (χ1n) is 10.5. The number of aromatic nitrogens is 3. The summed E-state index contributed by atoms with van der Waals surface area (Å²) in [4.78, 5) is 8.80. The molecule has 0 amide bonds. The molecule has 31 heavy (non-hydrogen) atoms. The number of hydrogen-bond acceptors (Lipinski definition) is 3. The van der Waals surface area contributed by atoms with Gasteiger partial charge in [-0.2, -0.15) is 9.61 Å². The Morgan fingerprint density at radius 3 is 2.26 bits per heavy atom. The highest BCUT2D eigenvalue weighted by Crippen LogP contribution is 2.28. The van der Waals surface area contributed by atoms with Crippen molar-refractivity contribution in [3.8, 4) is 11.1 Å². The van der Waals surface area contributed by atoms with Crippen molar-refractivity contribution in [1.29, 1.82) is 0 Å². The summed E-state index contributed by atoms with van der Waals surface area (Å²) in [7, 11) is 0. The number of nitrogens with one attached hydrogen (secondary N) is 1. The van der Waals surface area contributed by atoms with E-state index < -0.39 is 0 Å². The number of aryl methyl sites for hydroxylation is 1.